The topological polar surface area (TPSA) is 58.5 Å². The molecule has 2 aromatic heterocycles. The van der Waals surface area contributed by atoms with E-state index >= 15 is 0 Å². The summed E-state index contributed by atoms with van der Waals surface area (Å²) in [5, 5.41) is 8.07. The van der Waals surface area contributed by atoms with Gasteiger partial charge in [-0.3, -0.25) is 0 Å². The van der Waals surface area contributed by atoms with E-state index in [1.165, 1.54) is 6.07 Å². The number of rotatable bonds is 8. The molecular weight excluding hydrogens is 413 g/mol. The Hall–Kier alpha value is -4.03. The SMILES string of the molecule is Fc1ccccc1-c1c(CNCCc2cnc[nH]2)cnn1-c1ccc(-c2ccccc2)cc1. The number of imidazole rings is 1. The van der Waals surface area contributed by atoms with Crippen LogP contribution >= 0.6 is 0 Å². The number of benzene rings is 3. The normalized spacial score (nSPS) is 11.1. The van der Waals surface area contributed by atoms with Crippen molar-refractivity contribution in [3.8, 4) is 28.1 Å². The van der Waals surface area contributed by atoms with Crippen molar-refractivity contribution in [2.24, 2.45) is 0 Å². The number of nitrogens with one attached hydrogen (secondary N) is 2. The molecule has 0 amide bonds. The third kappa shape index (κ3) is 4.61. The maximum absolute atomic E-state index is 14.8. The van der Waals surface area contributed by atoms with Gasteiger partial charge in [0, 0.05) is 42.5 Å². The highest BCUT2D eigenvalue weighted by molar-refractivity contribution is 5.68. The Morgan fingerprint density at radius 1 is 0.848 bits per heavy atom. The second-order valence-corrected chi connectivity index (χ2v) is 7.83. The number of hydrogen-bond acceptors (Lipinski definition) is 3. The second-order valence-electron chi connectivity index (χ2n) is 7.83. The van der Waals surface area contributed by atoms with Gasteiger partial charge in [0.1, 0.15) is 5.82 Å². The fourth-order valence-corrected chi connectivity index (χ4v) is 3.94. The minimum absolute atomic E-state index is 0.265. The Balaban J connectivity index is 1.44. The van der Waals surface area contributed by atoms with E-state index in [4.69, 9.17) is 0 Å². The van der Waals surface area contributed by atoms with Crippen LogP contribution in [0.25, 0.3) is 28.1 Å². The summed E-state index contributed by atoms with van der Waals surface area (Å²) in [4.78, 5) is 7.15. The molecule has 0 aliphatic rings. The first kappa shape index (κ1) is 20.8. The standard InChI is InChI=1S/C27H24FN5/c28-26-9-5-4-8-25(26)27-22(16-29-15-14-23-18-30-19-31-23)17-32-33(27)24-12-10-21(11-13-24)20-6-2-1-3-7-20/h1-13,17-19,29H,14-16H2,(H,30,31). The summed E-state index contributed by atoms with van der Waals surface area (Å²) in [5.41, 5.74) is 6.47. The van der Waals surface area contributed by atoms with Crippen LogP contribution in [-0.2, 0) is 13.0 Å². The molecular formula is C27H24FN5. The van der Waals surface area contributed by atoms with Gasteiger partial charge in [-0.2, -0.15) is 5.10 Å². The van der Waals surface area contributed by atoms with Crippen LogP contribution in [0.4, 0.5) is 4.39 Å². The third-order valence-corrected chi connectivity index (χ3v) is 5.63. The van der Waals surface area contributed by atoms with Crippen LogP contribution in [0.15, 0.2) is 97.6 Å². The first-order valence-electron chi connectivity index (χ1n) is 11.0. The highest BCUT2D eigenvalue weighted by atomic mass is 19.1. The highest BCUT2D eigenvalue weighted by Crippen LogP contribution is 2.30. The molecule has 5 nitrogen and oxygen atoms in total. The smallest absolute Gasteiger partial charge is 0.132 e. The summed E-state index contributed by atoms with van der Waals surface area (Å²) in [6, 6.07) is 25.3. The van der Waals surface area contributed by atoms with Gasteiger partial charge in [0.2, 0.25) is 0 Å². The van der Waals surface area contributed by atoms with Crippen molar-refractivity contribution < 1.29 is 4.39 Å². The van der Waals surface area contributed by atoms with Crippen molar-refractivity contribution in [3.63, 3.8) is 0 Å². The number of aromatic nitrogens is 4. The monoisotopic (exact) mass is 437 g/mol. The van der Waals surface area contributed by atoms with E-state index in [0.29, 0.717) is 12.1 Å². The molecule has 0 saturated heterocycles. The quantitative estimate of drug-likeness (QED) is 0.320. The van der Waals surface area contributed by atoms with Gasteiger partial charge in [-0.05, 0) is 35.4 Å². The number of aromatic amines is 1. The number of halogens is 1. The summed E-state index contributed by atoms with van der Waals surface area (Å²) >= 11 is 0. The molecule has 0 aliphatic carbocycles. The zero-order valence-electron chi connectivity index (χ0n) is 18.1. The van der Waals surface area contributed by atoms with Gasteiger partial charge in [0.15, 0.2) is 0 Å². The van der Waals surface area contributed by atoms with Gasteiger partial charge in [-0.15, -0.1) is 0 Å². The van der Waals surface area contributed by atoms with E-state index in [1.807, 2.05) is 53.5 Å². The van der Waals surface area contributed by atoms with Crippen LogP contribution in [0.1, 0.15) is 11.3 Å². The van der Waals surface area contributed by atoms with Crippen molar-refractivity contribution in [2.75, 3.05) is 6.54 Å². The molecule has 0 fully saturated rings. The lowest BCUT2D eigenvalue weighted by atomic mass is 10.0. The minimum Gasteiger partial charge on any atom is -0.348 e. The molecule has 0 atom stereocenters. The predicted octanol–water partition coefficient (Wildman–Crippen LogP) is 5.40. The van der Waals surface area contributed by atoms with Crippen molar-refractivity contribution >= 4 is 0 Å². The lowest BCUT2D eigenvalue weighted by Crippen LogP contribution is -2.17. The van der Waals surface area contributed by atoms with Crippen LogP contribution in [0.2, 0.25) is 0 Å². The van der Waals surface area contributed by atoms with Crippen molar-refractivity contribution in [3.05, 3.63) is 115 Å². The van der Waals surface area contributed by atoms with E-state index in [1.54, 1.807) is 18.5 Å². The van der Waals surface area contributed by atoms with E-state index < -0.39 is 0 Å². The molecule has 6 heteroatoms. The highest BCUT2D eigenvalue weighted by Gasteiger charge is 2.17. The Morgan fingerprint density at radius 3 is 2.36 bits per heavy atom. The summed E-state index contributed by atoms with van der Waals surface area (Å²) in [6.45, 7) is 1.36. The van der Waals surface area contributed by atoms with E-state index in [9.17, 15) is 4.39 Å². The van der Waals surface area contributed by atoms with Crippen LogP contribution < -0.4 is 5.32 Å². The molecule has 5 rings (SSSR count). The largest absolute Gasteiger partial charge is 0.348 e. The first-order chi connectivity index (χ1) is 16.3. The molecule has 3 aromatic carbocycles. The second kappa shape index (κ2) is 9.63. The lowest BCUT2D eigenvalue weighted by Gasteiger charge is -2.12. The number of H-pyrrole nitrogens is 1. The molecule has 0 saturated carbocycles. The Labute approximate surface area is 192 Å². The van der Waals surface area contributed by atoms with E-state index in [2.05, 4.69) is 44.6 Å². The van der Waals surface area contributed by atoms with Crippen LogP contribution in [0, 0.1) is 5.82 Å². The van der Waals surface area contributed by atoms with Crippen LogP contribution in [0.5, 0.6) is 0 Å². The van der Waals surface area contributed by atoms with Gasteiger partial charge < -0.3 is 10.3 Å². The van der Waals surface area contributed by atoms with Gasteiger partial charge in [-0.25, -0.2) is 14.1 Å². The average molecular weight is 438 g/mol. The van der Waals surface area contributed by atoms with Gasteiger partial charge in [-0.1, -0.05) is 54.6 Å². The molecule has 2 heterocycles. The summed E-state index contributed by atoms with van der Waals surface area (Å²) in [5.74, 6) is -0.265. The number of hydrogen-bond donors (Lipinski definition) is 2. The first-order valence-corrected chi connectivity index (χ1v) is 11.0. The molecule has 5 aromatic rings. The minimum atomic E-state index is -0.265. The van der Waals surface area contributed by atoms with Crippen molar-refractivity contribution in [1.29, 1.82) is 0 Å². The molecule has 0 spiro atoms. The van der Waals surface area contributed by atoms with Crippen molar-refractivity contribution in [1.82, 2.24) is 25.1 Å². The average Bonchev–Trinajstić information content (AvgIpc) is 3.53. The lowest BCUT2D eigenvalue weighted by molar-refractivity contribution is 0.628. The molecule has 33 heavy (non-hydrogen) atoms. The van der Waals surface area contributed by atoms with E-state index in [0.717, 1.165) is 46.7 Å². The summed E-state index contributed by atoms with van der Waals surface area (Å²) in [7, 11) is 0. The van der Waals surface area contributed by atoms with Gasteiger partial charge in [0.05, 0.1) is 23.9 Å². The summed E-state index contributed by atoms with van der Waals surface area (Å²) in [6.07, 6.45) is 6.16. The Bertz CT molecular complexity index is 1310. The van der Waals surface area contributed by atoms with E-state index in [-0.39, 0.29) is 5.82 Å². The summed E-state index contributed by atoms with van der Waals surface area (Å²) < 4.78 is 16.6. The fraction of sp³-hybridized carbons (Fsp3) is 0.111. The van der Waals surface area contributed by atoms with Gasteiger partial charge >= 0.3 is 0 Å². The molecule has 0 radical (unpaired) electrons. The zero-order valence-corrected chi connectivity index (χ0v) is 18.1. The van der Waals surface area contributed by atoms with Crippen LogP contribution in [-0.4, -0.2) is 26.3 Å². The molecule has 164 valence electrons. The Morgan fingerprint density at radius 2 is 1.61 bits per heavy atom. The molecule has 0 bridgehead atoms. The Kier molecular flexibility index (Phi) is 6.08. The fourth-order valence-electron chi connectivity index (χ4n) is 3.94. The maximum Gasteiger partial charge on any atom is 0.132 e. The molecule has 0 unspecified atom stereocenters. The molecule has 0 aliphatic heterocycles. The maximum atomic E-state index is 14.8. The third-order valence-electron chi connectivity index (χ3n) is 5.63. The number of nitrogens with zero attached hydrogens (tertiary/aromatic N) is 3. The molecule has 2 N–H and O–H groups in total. The van der Waals surface area contributed by atoms with Crippen molar-refractivity contribution in [2.45, 2.75) is 13.0 Å². The van der Waals surface area contributed by atoms with Gasteiger partial charge in [0.25, 0.3) is 0 Å². The van der Waals surface area contributed by atoms with Crippen LogP contribution in [0.3, 0.4) is 0 Å². The predicted molar refractivity (Wildman–Crippen MR) is 128 cm³/mol. The zero-order chi connectivity index (χ0) is 22.5.